The highest BCUT2D eigenvalue weighted by atomic mass is 32.2. The molecule has 3 aliphatic rings. The third-order valence-electron chi connectivity index (χ3n) is 17.3. The third-order valence-corrected chi connectivity index (χ3v) is 19.4. The lowest BCUT2D eigenvalue weighted by Gasteiger charge is -2.20. The number of thioether (sulfide) groups is 1. The topological polar surface area (TPSA) is 458 Å². The summed E-state index contributed by atoms with van der Waals surface area (Å²) in [6, 6.07) is -0.910. The van der Waals surface area contributed by atoms with Gasteiger partial charge in [0.1, 0.15) is 11.8 Å². The van der Waals surface area contributed by atoms with E-state index in [0.29, 0.717) is 223 Å². The number of nitrogens with zero attached hydrogens (tertiary/aromatic N) is 3. The molecule has 0 bridgehead atoms. The number of carbonyl (C=O) groups excluding carboxylic acids is 12. The minimum Gasteiger partial charge on any atom is -0.786 e. The second-order valence-electron chi connectivity index (χ2n) is 26.4. The van der Waals surface area contributed by atoms with E-state index in [9.17, 15) is 62.4 Å². The number of carbonyl (C=O) groups is 12. The average Bonchev–Trinajstić information content (AvgIpc) is 1.71. The predicted molar refractivity (Wildman–Crippen MR) is 431 cm³/mol. The average molecular weight is 1700 g/mol. The van der Waals surface area contributed by atoms with Gasteiger partial charge >= 0.3 is 0 Å². The Kier molecular flexibility index (Phi) is 73.3. The van der Waals surface area contributed by atoms with Crippen molar-refractivity contribution in [1.29, 1.82) is 0 Å². The van der Waals surface area contributed by atoms with Crippen LogP contribution in [0, 0.1) is 11.8 Å². The minimum atomic E-state index is -2.00. The summed E-state index contributed by atoms with van der Waals surface area (Å²) in [4.78, 5) is 165. The summed E-state index contributed by atoms with van der Waals surface area (Å²) in [6.07, 6.45) is 9.70. The first kappa shape index (κ1) is 111. The first-order valence-corrected chi connectivity index (χ1v) is 43.7. The number of hydrogen-bond acceptors (Lipinski definition) is 28. The molecule has 38 heteroatoms. The van der Waals surface area contributed by atoms with Crippen LogP contribution in [0.4, 0.5) is 0 Å². The molecule has 3 saturated heterocycles. The van der Waals surface area contributed by atoms with E-state index >= 15 is 0 Å². The Balaban J connectivity index is 0.0000260. The van der Waals surface area contributed by atoms with E-state index in [0.717, 1.165) is 59.6 Å². The van der Waals surface area contributed by atoms with E-state index in [1.807, 2.05) is 27.7 Å². The third kappa shape index (κ3) is 58.5. The van der Waals surface area contributed by atoms with Gasteiger partial charge in [0.25, 0.3) is 0 Å². The van der Waals surface area contributed by atoms with Crippen molar-refractivity contribution in [3.63, 3.8) is 0 Å². The molecule has 3 heterocycles. The van der Waals surface area contributed by atoms with Gasteiger partial charge in [0, 0.05) is 128 Å². The summed E-state index contributed by atoms with van der Waals surface area (Å²) >= 11 is 1.23. The number of ether oxygens (including phenoxy) is 12. The van der Waals surface area contributed by atoms with Gasteiger partial charge in [-0.05, 0) is 51.9 Å². The molecule has 5 atom stereocenters. The van der Waals surface area contributed by atoms with Crippen molar-refractivity contribution >= 4 is 91.1 Å². The highest BCUT2D eigenvalue weighted by Gasteiger charge is 2.39. The molecule has 3 aliphatic heterocycles. The summed E-state index contributed by atoms with van der Waals surface area (Å²) in [5.74, 6) is -4.08. The molecule has 7 N–H and O–H groups in total. The molecule has 0 aromatic heterocycles. The second kappa shape index (κ2) is 76.9. The normalized spacial score (nSPS) is 15.8. The van der Waals surface area contributed by atoms with Gasteiger partial charge < -0.3 is 103 Å². The molecular weight excluding hydrogens is 1560 g/mol. The first-order valence-electron chi connectivity index (χ1n) is 41.6. The van der Waals surface area contributed by atoms with Crippen LogP contribution >= 0.6 is 20.4 Å². The molecule has 36 nitrogen and oxygen atoms in total. The minimum absolute atomic E-state index is 0. The van der Waals surface area contributed by atoms with E-state index in [-0.39, 0.29) is 155 Å². The zero-order valence-corrected chi connectivity index (χ0v) is 72.1. The van der Waals surface area contributed by atoms with E-state index in [2.05, 4.69) is 26.6 Å². The lowest BCUT2D eigenvalue weighted by molar-refractivity contribution is -0.204. The van der Waals surface area contributed by atoms with Crippen molar-refractivity contribution < 1.29 is 134 Å². The zero-order chi connectivity index (χ0) is 84.6. The van der Waals surface area contributed by atoms with E-state index in [4.69, 9.17) is 65.9 Å². The van der Waals surface area contributed by atoms with Crippen molar-refractivity contribution in [3.8, 4) is 0 Å². The summed E-state index contributed by atoms with van der Waals surface area (Å²) in [6.45, 7) is 24.9. The molecule has 0 aliphatic carbocycles. The van der Waals surface area contributed by atoms with Crippen LogP contribution in [0.15, 0.2) is 0 Å². The van der Waals surface area contributed by atoms with E-state index in [1.165, 1.54) is 11.8 Å². The van der Waals surface area contributed by atoms with E-state index < -0.39 is 43.5 Å². The molecule has 0 saturated carbocycles. The molecule has 674 valence electrons. The fourth-order valence-corrected chi connectivity index (χ4v) is 12.8. The number of Topliss-reactive ketones (excluding diaryl/α,β-unsaturated/α-hetero) is 1. The number of ketones is 1. The number of likely N-dealkylation sites (tertiary alicyclic amines) is 3. The van der Waals surface area contributed by atoms with Gasteiger partial charge in [-0.25, -0.2) is 0 Å². The van der Waals surface area contributed by atoms with Gasteiger partial charge in [-0.15, -0.1) is 11.8 Å². The van der Waals surface area contributed by atoms with Crippen LogP contribution in [0.3, 0.4) is 0 Å². The Morgan fingerprint density at radius 3 is 1.16 bits per heavy atom. The SMILES string of the molecule is CC.CC.CCOP([O-])OCCCCCCCC(=O)CCOCCOCCOCCOCCOCCOCCOCCOCCOCCOCCOCCOCCNC(=O)CCN1C(=O)CC(SCCC(=O)NCCCCCCNC(=O)[C@@H](CCCCNC(=O)CCN2C(=O)CC(C)C2=O)NC(=O)CCN2C(=O)CC(C)C2=O)C1=O.O. The fourth-order valence-electron chi connectivity index (χ4n) is 11.1. The van der Waals surface area contributed by atoms with Crippen molar-refractivity contribution in [1.82, 2.24) is 41.3 Å². The lowest BCUT2D eigenvalue weighted by atomic mass is 10.1. The van der Waals surface area contributed by atoms with Gasteiger partial charge in [-0.2, -0.15) is 0 Å². The summed E-state index contributed by atoms with van der Waals surface area (Å²) in [5, 5.41) is 13.3. The van der Waals surface area contributed by atoms with Crippen molar-refractivity contribution in [2.24, 2.45) is 11.8 Å². The highest BCUT2D eigenvalue weighted by molar-refractivity contribution is 8.00. The molecule has 3 rings (SSSR count). The van der Waals surface area contributed by atoms with Gasteiger partial charge in [0.2, 0.25) is 65.0 Å². The monoisotopic (exact) mass is 1700 g/mol. The summed E-state index contributed by atoms with van der Waals surface area (Å²) < 4.78 is 76.2. The molecule has 0 spiro atoms. The van der Waals surface area contributed by atoms with Crippen LogP contribution in [0.25, 0.3) is 0 Å². The summed E-state index contributed by atoms with van der Waals surface area (Å²) in [5.41, 5.74) is 0. The Morgan fingerprint density at radius 2 is 0.733 bits per heavy atom. The van der Waals surface area contributed by atoms with Crippen LogP contribution in [-0.4, -0.2) is 326 Å². The summed E-state index contributed by atoms with van der Waals surface area (Å²) in [7, 11) is -2.00. The number of imide groups is 3. The first-order chi connectivity index (χ1) is 55.9. The van der Waals surface area contributed by atoms with Crippen molar-refractivity contribution in [2.45, 2.75) is 195 Å². The number of rotatable bonds is 77. The second-order valence-corrected chi connectivity index (χ2v) is 28.7. The molecule has 0 aromatic carbocycles. The van der Waals surface area contributed by atoms with Gasteiger partial charge in [0.05, 0.1) is 179 Å². The largest absolute Gasteiger partial charge is 0.786 e. The molecule has 116 heavy (non-hydrogen) atoms. The smallest absolute Gasteiger partial charge is 0.242 e. The maximum atomic E-state index is 13.3. The van der Waals surface area contributed by atoms with Crippen LogP contribution < -0.4 is 31.5 Å². The Labute approximate surface area is 693 Å². The van der Waals surface area contributed by atoms with Crippen LogP contribution in [0.2, 0.25) is 0 Å². The highest BCUT2D eigenvalue weighted by Crippen LogP contribution is 2.28. The lowest BCUT2D eigenvalue weighted by Crippen LogP contribution is -2.47. The number of nitrogens with one attached hydrogen (secondary N) is 5. The van der Waals surface area contributed by atoms with Gasteiger partial charge in [-0.1, -0.05) is 73.6 Å². The van der Waals surface area contributed by atoms with Crippen LogP contribution in [-0.2, 0) is 123 Å². The maximum absolute atomic E-state index is 13.3. The fraction of sp³-hybridized carbons (Fsp3) is 0.846. The van der Waals surface area contributed by atoms with Gasteiger partial charge in [0.15, 0.2) is 0 Å². The number of hydrogen-bond donors (Lipinski definition) is 5. The van der Waals surface area contributed by atoms with Crippen molar-refractivity contribution in [2.75, 3.05) is 223 Å². The van der Waals surface area contributed by atoms with Gasteiger partial charge in [-0.3, -0.25) is 72.2 Å². The van der Waals surface area contributed by atoms with Crippen LogP contribution in [0.5, 0.6) is 0 Å². The molecule has 4 unspecified atom stereocenters. The molecule has 0 radical (unpaired) electrons. The Morgan fingerprint density at radius 1 is 0.388 bits per heavy atom. The molecule has 11 amide bonds. The molecule has 0 aromatic rings. The number of unbranched alkanes of at least 4 members (excludes halogenated alkanes) is 8. The molecule has 3 fully saturated rings. The van der Waals surface area contributed by atoms with Crippen LogP contribution in [0.1, 0.15) is 183 Å². The predicted octanol–water partition coefficient (Wildman–Crippen LogP) is 3.24. The zero-order valence-electron chi connectivity index (χ0n) is 70.4. The van der Waals surface area contributed by atoms with Crippen molar-refractivity contribution in [3.05, 3.63) is 0 Å². The number of amides is 11. The maximum Gasteiger partial charge on any atom is 0.242 e. The Hall–Kier alpha value is -5.42. The molecular formula is C78H142N8O28PS-. The standard InChI is InChI=1S/C74H128N8O27PS.2C2H6.H2O/c1-4-108-110(95)109-30-15-9-5-6-10-16-61(83)21-31-96-33-35-98-37-39-100-41-43-102-45-47-104-49-51-106-53-54-107-52-50-105-48-46-103-44-42-101-40-38-99-36-34-97-32-26-77-65(85)19-28-82-70(90)58-63(74(82)94)111-55-22-66(86)76-23-12-7-8-13-25-78-71(91)62(79-67(87)20-29-81-69(89)57-60(3)73(81)93)17-11-14-24-75-64(84)18-27-80-68(88)56-59(2)72(80)92;2*1-2;/h59-60,62-63H,4-58H2,1-3H3,(H,75,84)(H,76,86)(H,77,85)(H,78,91)(H,79,87);2*1-2H3;1H2/q-1;;;/t59?,60?,62-,63?,110?;;;/m1.../s1. The Bertz CT molecular complexity index is 2640. The van der Waals surface area contributed by atoms with E-state index in [1.54, 1.807) is 20.8 Å². The quantitative estimate of drug-likeness (QED) is 0.0331.